The third kappa shape index (κ3) is 1.13. The Labute approximate surface area is 35.9 Å². The van der Waals surface area contributed by atoms with E-state index in [0.29, 0.717) is 0 Å². The third-order valence-corrected chi connectivity index (χ3v) is 0.667. The van der Waals surface area contributed by atoms with Crippen molar-refractivity contribution in [3.63, 3.8) is 0 Å². The van der Waals surface area contributed by atoms with Crippen molar-refractivity contribution >= 4 is 9.90 Å². The van der Waals surface area contributed by atoms with Crippen molar-refractivity contribution < 1.29 is 0 Å². The third-order valence-electron chi connectivity index (χ3n) is 0.667. The van der Waals surface area contributed by atoms with Crippen LogP contribution < -0.4 is 0 Å². The molecule has 0 nitrogen and oxygen atoms in total. The molecule has 0 aliphatic heterocycles. The molecule has 0 saturated heterocycles. The fourth-order valence-corrected chi connectivity index (χ4v) is 0.167. The average Bonchev–Trinajstić information content (AvgIpc) is 0.722. The van der Waals surface area contributed by atoms with E-state index < -0.39 is 0 Å². The van der Waals surface area contributed by atoms with Gasteiger partial charge in [0.15, 0.2) is 0 Å². The lowest BCUT2D eigenvalue weighted by molar-refractivity contribution is 0.962. The van der Waals surface area contributed by atoms with E-state index in [9.17, 15) is 0 Å². The minimum absolute atomic E-state index is 0. The molecule has 0 radical (unpaired) electrons. The van der Waals surface area contributed by atoms with E-state index in [0.717, 1.165) is 0 Å². The Morgan fingerprint density at radius 1 is 1.00 bits per heavy atom. The minimum atomic E-state index is 0. The van der Waals surface area contributed by atoms with Gasteiger partial charge in [0, 0.05) is 0 Å². The second-order valence-electron chi connectivity index (χ2n) is 1.05. The van der Waals surface area contributed by atoms with Crippen molar-refractivity contribution in [2.45, 2.75) is 12.8 Å². The average molecular weight is 88.1 g/mol. The summed E-state index contributed by atoms with van der Waals surface area (Å²) >= 11 is 0. The second kappa shape index (κ2) is 2.41. The minimum Gasteiger partial charge on any atom is -0.153 e. The summed E-state index contributed by atoms with van der Waals surface area (Å²) in [6.07, 6.45) is 7.00. The SMILES string of the molecule is C1=CCC1.P. The van der Waals surface area contributed by atoms with Gasteiger partial charge >= 0.3 is 0 Å². The van der Waals surface area contributed by atoms with E-state index in [1.165, 1.54) is 12.8 Å². The lowest BCUT2D eigenvalue weighted by atomic mass is 10.1. The standard InChI is InChI=1S/C4H6.H3P/c1-2-4-3-1;/h1-2H,3-4H2;1H3. The molecule has 1 aliphatic rings. The number of hydrogen-bond donors (Lipinski definition) is 0. The molecule has 0 aromatic heterocycles. The van der Waals surface area contributed by atoms with Crippen molar-refractivity contribution in [2.75, 3.05) is 0 Å². The topological polar surface area (TPSA) is 0 Å². The van der Waals surface area contributed by atoms with Crippen LogP contribution in [-0.4, -0.2) is 0 Å². The predicted octanol–water partition coefficient (Wildman–Crippen LogP) is 1.39. The van der Waals surface area contributed by atoms with E-state index in [4.69, 9.17) is 0 Å². The Balaban J connectivity index is 0.000000160. The quantitative estimate of drug-likeness (QED) is 0.310. The molecule has 5 heavy (non-hydrogen) atoms. The fourth-order valence-electron chi connectivity index (χ4n) is 0.167. The van der Waals surface area contributed by atoms with Crippen molar-refractivity contribution in [1.29, 1.82) is 0 Å². The molecule has 1 atom stereocenters. The van der Waals surface area contributed by atoms with Crippen LogP contribution in [0.25, 0.3) is 0 Å². The maximum Gasteiger partial charge on any atom is -0.0316 e. The zero-order valence-corrected chi connectivity index (χ0v) is 4.69. The smallest absolute Gasteiger partial charge is 0.0316 e. The normalized spacial score (nSPS) is 16.0. The first kappa shape index (κ1) is 5.17. The lowest BCUT2D eigenvalue weighted by Gasteiger charge is -1.92. The molecule has 0 amide bonds. The number of allylic oxidation sites excluding steroid dienone is 2. The molecule has 0 spiro atoms. The monoisotopic (exact) mass is 88.0 g/mol. The van der Waals surface area contributed by atoms with Gasteiger partial charge in [0.1, 0.15) is 0 Å². The van der Waals surface area contributed by atoms with Crippen LogP contribution in [0, 0.1) is 0 Å². The molecule has 1 unspecified atom stereocenters. The first-order valence-corrected chi connectivity index (χ1v) is 1.65. The Bertz CT molecular complexity index is 32.9. The summed E-state index contributed by atoms with van der Waals surface area (Å²) in [7, 11) is 0. The highest BCUT2D eigenvalue weighted by Gasteiger charge is 1.81. The highest BCUT2D eigenvalue weighted by Crippen LogP contribution is 2.01. The van der Waals surface area contributed by atoms with E-state index in [1.807, 2.05) is 0 Å². The van der Waals surface area contributed by atoms with E-state index in [2.05, 4.69) is 12.2 Å². The summed E-state index contributed by atoms with van der Waals surface area (Å²) in [5.41, 5.74) is 0. The van der Waals surface area contributed by atoms with Gasteiger partial charge in [-0.05, 0) is 12.8 Å². The van der Waals surface area contributed by atoms with Gasteiger partial charge in [-0.2, -0.15) is 9.90 Å². The van der Waals surface area contributed by atoms with Crippen LogP contribution in [-0.2, 0) is 0 Å². The first-order valence-electron chi connectivity index (χ1n) is 1.65. The highest BCUT2D eigenvalue weighted by molar-refractivity contribution is 6.92. The molecule has 0 N–H and O–H groups in total. The molecule has 0 bridgehead atoms. The summed E-state index contributed by atoms with van der Waals surface area (Å²) in [6, 6.07) is 0. The molecule has 0 aromatic carbocycles. The molecule has 0 saturated carbocycles. The zero-order valence-electron chi connectivity index (χ0n) is 3.28. The molecule has 1 heteroatoms. The van der Waals surface area contributed by atoms with Crippen molar-refractivity contribution in [3.8, 4) is 0 Å². The van der Waals surface area contributed by atoms with Crippen LogP contribution >= 0.6 is 9.90 Å². The van der Waals surface area contributed by atoms with Gasteiger partial charge in [-0.3, -0.25) is 0 Å². The van der Waals surface area contributed by atoms with Gasteiger partial charge in [-0.1, -0.05) is 12.2 Å². The Kier molecular flexibility index (Phi) is 2.49. The molecule has 0 fully saturated rings. The molecule has 1 rings (SSSR count). The van der Waals surface area contributed by atoms with Crippen LogP contribution in [0.1, 0.15) is 12.8 Å². The van der Waals surface area contributed by atoms with Gasteiger partial charge in [-0.25, -0.2) is 0 Å². The van der Waals surface area contributed by atoms with Crippen LogP contribution in [0.3, 0.4) is 0 Å². The van der Waals surface area contributed by atoms with Crippen molar-refractivity contribution in [1.82, 2.24) is 0 Å². The second-order valence-corrected chi connectivity index (χ2v) is 1.05. The molecule has 0 heterocycles. The lowest BCUT2D eigenvalue weighted by Crippen LogP contribution is -1.71. The molecule has 0 aromatic rings. The molecular weight excluding hydrogens is 79.0 g/mol. The highest BCUT2D eigenvalue weighted by atomic mass is 31.0. The summed E-state index contributed by atoms with van der Waals surface area (Å²) in [5.74, 6) is 0. The fraction of sp³-hybridized carbons (Fsp3) is 0.500. The zero-order chi connectivity index (χ0) is 2.83. The van der Waals surface area contributed by atoms with E-state index >= 15 is 0 Å². The van der Waals surface area contributed by atoms with Crippen molar-refractivity contribution in [3.05, 3.63) is 12.2 Å². The summed E-state index contributed by atoms with van der Waals surface area (Å²) in [6.45, 7) is 0. The van der Waals surface area contributed by atoms with Gasteiger partial charge < -0.3 is 0 Å². The van der Waals surface area contributed by atoms with Gasteiger partial charge in [0.2, 0.25) is 0 Å². The molecule has 1 aliphatic carbocycles. The van der Waals surface area contributed by atoms with Gasteiger partial charge in [-0.15, -0.1) is 0 Å². The predicted molar refractivity (Wildman–Crippen MR) is 29.5 cm³/mol. The van der Waals surface area contributed by atoms with Crippen LogP contribution in [0.15, 0.2) is 12.2 Å². The van der Waals surface area contributed by atoms with Crippen LogP contribution in [0.2, 0.25) is 0 Å². The Hall–Kier alpha value is 0.170. The molecular formula is C4H9P. The summed E-state index contributed by atoms with van der Waals surface area (Å²) < 4.78 is 0. The largest absolute Gasteiger partial charge is 0.153 e. The van der Waals surface area contributed by atoms with E-state index in [-0.39, 0.29) is 9.90 Å². The van der Waals surface area contributed by atoms with E-state index in [1.54, 1.807) is 0 Å². The maximum absolute atomic E-state index is 2.18. The summed E-state index contributed by atoms with van der Waals surface area (Å²) in [4.78, 5) is 0. The van der Waals surface area contributed by atoms with Crippen molar-refractivity contribution in [2.24, 2.45) is 0 Å². The maximum atomic E-state index is 2.18. The Morgan fingerprint density at radius 2 is 1.20 bits per heavy atom. The number of rotatable bonds is 0. The van der Waals surface area contributed by atoms with Gasteiger partial charge in [0.05, 0.1) is 0 Å². The van der Waals surface area contributed by atoms with Crippen LogP contribution in [0.4, 0.5) is 0 Å². The molecule has 30 valence electrons. The summed E-state index contributed by atoms with van der Waals surface area (Å²) in [5, 5.41) is 0. The first-order chi connectivity index (χ1) is 2.00. The van der Waals surface area contributed by atoms with Gasteiger partial charge in [0.25, 0.3) is 0 Å². The van der Waals surface area contributed by atoms with Crippen LogP contribution in [0.5, 0.6) is 0 Å². The number of hydrogen-bond acceptors (Lipinski definition) is 0. The Morgan fingerprint density at radius 3 is 1.20 bits per heavy atom.